The van der Waals surface area contributed by atoms with Gasteiger partial charge in [-0.25, -0.2) is 9.98 Å². The summed E-state index contributed by atoms with van der Waals surface area (Å²) in [4.78, 5) is 12.6. The van der Waals surface area contributed by atoms with Crippen LogP contribution in [0.3, 0.4) is 0 Å². The first-order valence-electron chi connectivity index (χ1n) is 8.19. The van der Waals surface area contributed by atoms with Crippen molar-refractivity contribution < 1.29 is 4.74 Å². The van der Waals surface area contributed by atoms with Gasteiger partial charge in [-0.1, -0.05) is 0 Å². The number of aromatic nitrogens is 3. The van der Waals surface area contributed by atoms with Crippen molar-refractivity contribution in [2.24, 2.45) is 12.0 Å². The molecule has 0 amide bonds. The normalized spacial score (nSPS) is 18.9. The van der Waals surface area contributed by atoms with E-state index < -0.39 is 0 Å². The third kappa shape index (κ3) is 3.93. The summed E-state index contributed by atoms with van der Waals surface area (Å²) in [6.45, 7) is 7.92. The van der Waals surface area contributed by atoms with Crippen molar-refractivity contribution in [3.05, 3.63) is 34.0 Å². The Morgan fingerprint density at radius 2 is 2.42 bits per heavy atom. The maximum absolute atomic E-state index is 5.92. The lowest BCUT2D eigenvalue weighted by molar-refractivity contribution is -0.00805. The zero-order chi connectivity index (χ0) is 16.9. The van der Waals surface area contributed by atoms with Gasteiger partial charge in [-0.05, 0) is 13.8 Å². The fourth-order valence-corrected chi connectivity index (χ4v) is 3.40. The molecular formula is C16H24N6OS. The molecule has 0 bridgehead atoms. The summed E-state index contributed by atoms with van der Waals surface area (Å²) in [6.07, 6.45) is 3.92. The van der Waals surface area contributed by atoms with Crippen LogP contribution in [0.5, 0.6) is 0 Å². The summed E-state index contributed by atoms with van der Waals surface area (Å²) in [5, 5.41) is 7.64. The molecule has 1 atom stereocenters. The molecule has 3 heterocycles. The van der Waals surface area contributed by atoms with Crippen molar-refractivity contribution in [1.29, 1.82) is 0 Å². The highest BCUT2D eigenvalue weighted by Crippen LogP contribution is 2.22. The van der Waals surface area contributed by atoms with Gasteiger partial charge >= 0.3 is 0 Å². The van der Waals surface area contributed by atoms with E-state index in [0.29, 0.717) is 13.2 Å². The number of hydrogen-bond acceptors (Lipinski definition) is 5. The summed E-state index contributed by atoms with van der Waals surface area (Å²) in [6, 6.07) is 0. The molecule has 1 N–H and O–H groups in total. The van der Waals surface area contributed by atoms with Gasteiger partial charge in [0.1, 0.15) is 6.10 Å². The van der Waals surface area contributed by atoms with E-state index in [1.54, 1.807) is 11.3 Å². The molecular weight excluding hydrogens is 324 g/mol. The summed E-state index contributed by atoms with van der Waals surface area (Å²) < 4.78 is 7.73. The molecule has 3 rings (SSSR count). The Bertz CT molecular complexity index is 694. The maximum atomic E-state index is 5.92. The van der Waals surface area contributed by atoms with Crippen LogP contribution in [-0.2, 0) is 18.3 Å². The first-order chi connectivity index (χ1) is 11.7. The molecule has 1 saturated heterocycles. The van der Waals surface area contributed by atoms with E-state index in [-0.39, 0.29) is 6.10 Å². The van der Waals surface area contributed by atoms with Crippen molar-refractivity contribution in [2.75, 3.05) is 26.2 Å². The topological polar surface area (TPSA) is 67.6 Å². The van der Waals surface area contributed by atoms with E-state index in [0.717, 1.165) is 36.9 Å². The van der Waals surface area contributed by atoms with E-state index in [1.165, 1.54) is 4.88 Å². The number of nitrogens with zero attached hydrogens (tertiary/aromatic N) is 5. The van der Waals surface area contributed by atoms with Gasteiger partial charge in [-0.15, -0.1) is 11.3 Å². The quantitative estimate of drug-likeness (QED) is 0.673. The highest BCUT2D eigenvalue weighted by Gasteiger charge is 2.25. The Hall–Kier alpha value is -1.93. The van der Waals surface area contributed by atoms with Crippen LogP contribution in [0.4, 0.5) is 0 Å². The summed E-state index contributed by atoms with van der Waals surface area (Å²) in [5.41, 5.74) is 4.05. The minimum absolute atomic E-state index is 0.0291. The number of guanidine groups is 1. The number of morpholine rings is 1. The molecule has 0 radical (unpaired) electrons. The third-order valence-corrected chi connectivity index (χ3v) is 4.93. The lowest BCUT2D eigenvalue weighted by Crippen LogP contribution is -2.48. The standard InChI is InChI=1S/C16H24N6OS/c1-4-17-16(18-8-15-12(2)19-11-24-15)22-5-6-23-14(10-22)13-7-20-21(3)9-13/h7,9,11,14H,4-6,8,10H2,1-3H3,(H,17,18). The maximum Gasteiger partial charge on any atom is 0.194 e. The molecule has 130 valence electrons. The van der Waals surface area contributed by atoms with Crippen LogP contribution in [0.25, 0.3) is 0 Å². The Kier molecular flexibility index (Phi) is 5.47. The van der Waals surface area contributed by atoms with Crippen LogP contribution >= 0.6 is 11.3 Å². The second-order valence-electron chi connectivity index (χ2n) is 5.78. The molecule has 24 heavy (non-hydrogen) atoms. The zero-order valence-corrected chi connectivity index (χ0v) is 15.2. The fraction of sp³-hybridized carbons (Fsp3) is 0.562. The Morgan fingerprint density at radius 3 is 3.08 bits per heavy atom. The molecule has 0 saturated carbocycles. The molecule has 7 nitrogen and oxygen atoms in total. The third-order valence-electron chi connectivity index (χ3n) is 4.01. The van der Waals surface area contributed by atoms with Crippen molar-refractivity contribution in [1.82, 2.24) is 25.0 Å². The average molecular weight is 348 g/mol. The molecule has 2 aromatic heterocycles. The van der Waals surface area contributed by atoms with Crippen molar-refractivity contribution in [3.8, 4) is 0 Å². The molecule has 0 spiro atoms. The Balaban J connectivity index is 1.71. The Morgan fingerprint density at radius 1 is 1.54 bits per heavy atom. The molecule has 8 heteroatoms. The number of hydrogen-bond donors (Lipinski definition) is 1. The van der Waals surface area contributed by atoms with Gasteiger partial charge < -0.3 is 15.0 Å². The van der Waals surface area contributed by atoms with E-state index in [4.69, 9.17) is 9.73 Å². The number of ether oxygens (including phenoxy) is 1. The van der Waals surface area contributed by atoms with Crippen LogP contribution in [0, 0.1) is 6.92 Å². The van der Waals surface area contributed by atoms with Gasteiger partial charge in [0.05, 0.1) is 37.1 Å². The SMILES string of the molecule is CCNC(=NCc1scnc1C)N1CCOC(c2cnn(C)c2)C1. The highest BCUT2D eigenvalue weighted by molar-refractivity contribution is 7.09. The minimum Gasteiger partial charge on any atom is -0.370 e. The fourth-order valence-electron chi connectivity index (χ4n) is 2.70. The highest BCUT2D eigenvalue weighted by atomic mass is 32.1. The molecule has 1 unspecified atom stereocenters. The predicted octanol–water partition coefficient (Wildman–Crippen LogP) is 1.72. The number of nitrogens with one attached hydrogen (secondary N) is 1. The predicted molar refractivity (Wildman–Crippen MR) is 95.1 cm³/mol. The first kappa shape index (κ1) is 16.9. The first-order valence-corrected chi connectivity index (χ1v) is 9.07. The molecule has 0 aliphatic carbocycles. The summed E-state index contributed by atoms with van der Waals surface area (Å²) in [5.74, 6) is 0.933. The summed E-state index contributed by atoms with van der Waals surface area (Å²) in [7, 11) is 1.92. The smallest absolute Gasteiger partial charge is 0.194 e. The lowest BCUT2D eigenvalue weighted by Gasteiger charge is -2.34. The van der Waals surface area contributed by atoms with Gasteiger partial charge in [0, 0.05) is 36.8 Å². The molecule has 1 aliphatic rings. The van der Waals surface area contributed by atoms with E-state index in [9.17, 15) is 0 Å². The number of aliphatic imine (C=N–C) groups is 1. The van der Waals surface area contributed by atoms with Crippen molar-refractivity contribution in [2.45, 2.75) is 26.5 Å². The van der Waals surface area contributed by atoms with Crippen LogP contribution < -0.4 is 5.32 Å². The molecule has 2 aromatic rings. The van der Waals surface area contributed by atoms with E-state index >= 15 is 0 Å². The number of thiazole rings is 1. The minimum atomic E-state index is 0.0291. The largest absolute Gasteiger partial charge is 0.370 e. The van der Waals surface area contributed by atoms with Crippen molar-refractivity contribution in [3.63, 3.8) is 0 Å². The second-order valence-corrected chi connectivity index (χ2v) is 6.72. The van der Waals surface area contributed by atoms with Gasteiger partial charge in [0.15, 0.2) is 5.96 Å². The summed E-state index contributed by atoms with van der Waals surface area (Å²) >= 11 is 1.66. The average Bonchev–Trinajstić information content (AvgIpc) is 3.20. The Labute approximate surface area is 146 Å². The van der Waals surface area contributed by atoms with Crippen LogP contribution in [0.15, 0.2) is 22.9 Å². The van der Waals surface area contributed by atoms with E-state index in [2.05, 4.69) is 27.2 Å². The van der Waals surface area contributed by atoms with E-state index in [1.807, 2.05) is 36.6 Å². The zero-order valence-electron chi connectivity index (χ0n) is 14.4. The van der Waals surface area contributed by atoms with Crippen molar-refractivity contribution >= 4 is 17.3 Å². The van der Waals surface area contributed by atoms with Crippen LogP contribution in [0.1, 0.15) is 29.2 Å². The van der Waals surface area contributed by atoms with Crippen LogP contribution in [-0.4, -0.2) is 51.9 Å². The molecule has 1 aliphatic heterocycles. The number of aryl methyl sites for hydroxylation is 2. The van der Waals surface area contributed by atoms with Gasteiger partial charge in [-0.2, -0.15) is 5.10 Å². The molecule has 1 fully saturated rings. The second kappa shape index (κ2) is 7.76. The lowest BCUT2D eigenvalue weighted by atomic mass is 10.1. The van der Waals surface area contributed by atoms with Gasteiger partial charge in [-0.3, -0.25) is 4.68 Å². The molecule has 0 aromatic carbocycles. The van der Waals surface area contributed by atoms with Gasteiger partial charge in [0.25, 0.3) is 0 Å². The monoisotopic (exact) mass is 348 g/mol. The number of rotatable bonds is 4. The van der Waals surface area contributed by atoms with Crippen LogP contribution in [0.2, 0.25) is 0 Å². The van der Waals surface area contributed by atoms with Gasteiger partial charge in [0.2, 0.25) is 0 Å².